The first-order valence-corrected chi connectivity index (χ1v) is 7.85. The van der Waals surface area contributed by atoms with Crippen molar-refractivity contribution < 1.29 is 0 Å². The van der Waals surface area contributed by atoms with Crippen LogP contribution in [-0.4, -0.2) is 36.1 Å². The molecule has 2 atom stereocenters. The maximum Gasteiger partial charge on any atom is 0.0200 e. The van der Waals surface area contributed by atoms with Gasteiger partial charge in [-0.3, -0.25) is 4.90 Å². The quantitative estimate of drug-likeness (QED) is 0.807. The Morgan fingerprint density at radius 3 is 2.41 bits per heavy atom. The molecule has 17 heavy (non-hydrogen) atoms. The van der Waals surface area contributed by atoms with Gasteiger partial charge in [0.05, 0.1) is 0 Å². The Bertz CT molecular complexity index is 243. The molecule has 3 fully saturated rings. The lowest BCUT2D eigenvalue weighted by Crippen LogP contribution is -2.52. The third-order valence-corrected chi connectivity index (χ3v) is 5.03. The first kappa shape index (κ1) is 12.0. The minimum Gasteiger partial charge on any atom is -0.310 e. The summed E-state index contributed by atoms with van der Waals surface area (Å²) in [5.41, 5.74) is 0. The van der Waals surface area contributed by atoms with Crippen molar-refractivity contribution in [3.63, 3.8) is 0 Å². The standard InChI is InChI=1S/C15H28N2/c1-2-12-9-14(16-13-7-8-13)11-17(10-12)15-5-3-4-6-15/h12-16H,2-11H2,1H3. The average Bonchev–Trinajstić information content (AvgIpc) is 2.99. The molecule has 3 aliphatic rings. The summed E-state index contributed by atoms with van der Waals surface area (Å²) in [5.74, 6) is 0.945. The Morgan fingerprint density at radius 1 is 1.00 bits per heavy atom. The fourth-order valence-electron chi connectivity index (χ4n) is 3.81. The van der Waals surface area contributed by atoms with Gasteiger partial charge < -0.3 is 5.32 Å². The van der Waals surface area contributed by atoms with E-state index in [1.165, 1.54) is 64.5 Å². The Kier molecular flexibility index (Phi) is 3.72. The van der Waals surface area contributed by atoms with Crippen molar-refractivity contribution in [3.8, 4) is 0 Å². The molecule has 1 saturated heterocycles. The number of nitrogens with one attached hydrogen (secondary N) is 1. The van der Waals surface area contributed by atoms with Gasteiger partial charge in [0.15, 0.2) is 0 Å². The molecule has 98 valence electrons. The second-order valence-corrected chi connectivity index (χ2v) is 6.54. The van der Waals surface area contributed by atoms with Gasteiger partial charge in [-0.2, -0.15) is 0 Å². The van der Waals surface area contributed by atoms with Gasteiger partial charge in [0.1, 0.15) is 0 Å². The van der Waals surface area contributed by atoms with Gasteiger partial charge in [-0.15, -0.1) is 0 Å². The minimum absolute atomic E-state index is 0.793. The van der Waals surface area contributed by atoms with Gasteiger partial charge in [0.25, 0.3) is 0 Å². The highest BCUT2D eigenvalue weighted by molar-refractivity contribution is 4.92. The predicted octanol–water partition coefficient (Wildman–Crippen LogP) is 2.78. The molecule has 2 aliphatic carbocycles. The van der Waals surface area contributed by atoms with Crippen LogP contribution in [0.2, 0.25) is 0 Å². The molecule has 1 N–H and O–H groups in total. The summed E-state index contributed by atoms with van der Waals surface area (Å²) in [6, 6.07) is 2.59. The van der Waals surface area contributed by atoms with Crippen LogP contribution in [0.5, 0.6) is 0 Å². The molecular weight excluding hydrogens is 208 g/mol. The van der Waals surface area contributed by atoms with Gasteiger partial charge in [-0.05, 0) is 38.0 Å². The third-order valence-electron chi connectivity index (χ3n) is 5.03. The highest BCUT2D eigenvalue weighted by Crippen LogP contribution is 2.30. The van der Waals surface area contributed by atoms with Crippen LogP contribution in [0.4, 0.5) is 0 Å². The lowest BCUT2D eigenvalue weighted by atomic mass is 9.90. The van der Waals surface area contributed by atoms with E-state index in [4.69, 9.17) is 0 Å². The van der Waals surface area contributed by atoms with Crippen molar-refractivity contribution in [1.29, 1.82) is 0 Å². The fraction of sp³-hybridized carbons (Fsp3) is 1.00. The maximum absolute atomic E-state index is 3.87. The lowest BCUT2D eigenvalue weighted by Gasteiger charge is -2.41. The first-order chi connectivity index (χ1) is 8.35. The number of likely N-dealkylation sites (tertiary alicyclic amines) is 1. The Labute approximate surface area is 106 Å². The molecule has 0 bridgehead atoms. The summed E-state index contributed by atoms with van der Waals surface area (Å²) in [5, 5.41) is 3.87. The Hall–Kier alpha value is -0.0800. The van der Waals surface area contributed by atoms with E-state index in [2.05, 4.69) is 17.1 Å². The summed E-state index contributed by atoms with van der Waals surface area (Å²) >= 11 is 0. The maximum atomic E-state index is 3.87. The second-order valence-electron chi connectivity index (χ2n) is 6.54. The third kappa shape index (κ3) is 3.03. The monoisotopic (exact) mass is 236 g/mol. The lowest BCUT2D eigenvalue weighted by molar-refractivity contribution is 0.0967. The fourth-order valence-corrected chi connectivity index (χ4v) is 3.81. The second kappa shape index (κ2) is 5.27. The van der Waals surface area contributed by atoms with Crippen LogP contribution in [0.1, 0.15) is 58.3 Å². The van der Waals surface area contributed by atoms with Crippen LogP contribution in [0.3, 0.4) is 0 Å². The number of nitrogens with zero attached hydrogens (tertiary/aromatic N) is 1. The van der Waals surface area contributed by atoms with Crippen LogP contribution < -0.4 is 5.32 Å². The van der Waals surface area contributed by atoms with Crippen molar-refractivity contribution in [1.82, 2.24) is 10.2 Å². The van der Waals surface area contributed by atoms with Gasteiger partial charge in [0.2, 0.25) is 0 Å². The molecule has 0 aromatic carbocycles. The van der Waals surface area contributed by atoms with Gasteiger partial charge >= 0.3 is 0 Å². The minimum atomic E-state index is 0.793. The number of hydrogen-bond acceptors (Lipinski definition) is 2. The predicted molar refractivity (Wildman–Crippen MR) is 72.2 cm³/mol. The molecule has 2 heteroatoms. The summed E-state index contributed by atoms with van der Waals surface area (Å²) < 4.78 is 0. The van der Waals surface area contributed by atoms with E-state index in [-0.39, 0.29) is 0 Å². The van der Waals surface area contributed by atoms with E-state index in [9.17, 15) is 0 Å². The molecule has 2 saturated carbocycles. The van der Waals surface area contributed by atoms with E-state index >= 15 is 0 Å². The van der Waals surface area contributed by atoms with Crippen molar-refractivity contribution in [2.24, 2.45) is 5.92 Å². The van der Waals surface area contributed by atoms with Gasteiger partial charge in [0, 0.05) is 31.2 Å². The number of piperidine rings is 1. The highest BCUT2D eigenvalue weighted by atomic mass is 15.2. The summed E-state index contributed by atoms with van der Waals surface area (Å²) in [4.78, 5) is 2.82. The number of hydrogen-bond donors (Lipinski definition) is 1. The topological polar surface area (TPSA) is 15.3 Å². The molecule has 1 aliphatic heterocycles. The average molecular weight is 236 g/mol. The number of rotatable bonds is 4. The van der Waals surface area contributed by atoms with Crippen molar-refractivity contribution >= 4 is 0 Å². The summed E-state index contributed by atoms with van der Waals surface area (Å²) in [6.07, 6.45) is 11.5. The van der Waals surface area contributed by atoms with Crippen LogP contribution in [-0.2, 0) is 0 Å². The molecule has 2 unspecified atom stereocenters. The molecule has 0 radical (unpaired) electrons. The van der Waals surface area contributed by atoms with Crippen LogP contribution >= 0.6 is 0 Å². The molecule has 0 aromatic rings. The van der Waals surface area contributed by atoms with Crippen molar-refractivity contribution in [3.05, 3.63) is 0 Å². The van der Waals surface area contributed by atoms with Crippen LogP contribution in [0.25, 0.3) is 0 Å². The molecular formula is C15H28N2. The molecule has 3 rings (SSSR count). The molecule has 1 heterocycles. The van der Waals surface area contributed by atoms with Crippen LogP contribution in [0.15, 0.2) is 0 Å². The van der Waals surface area contributed by atoms with Crippen molar-refractivity contribution in [2.75, 3.05) is 13.1 Å². The van der Waals surface area contributed by atoms with E-state index in [0.717, 1.165) is 24.0 Å². The van der Waals surface area contributed by atoms with E-state index < -0.39 is 0 Å². The Balaban J connectivity index is 1.57. The summed E-state index contributed by atoms with van der Waals surface area (Å²) in [7, 11) is 0. The summed E-state index contributed by atoms with van der Waals surface area (Å²) in [6.45, 7) is 5.08. The first-order valence-electron chi connectivity index (χ1n) is 7.85. The zero-order valence-electron chi connectivity index (χ0n) is 11.3. The smallest absolute Gasteiger partial charge is 0.0200 e. The largest absolute Gasteiger partial charge is 0.310 e. The molecule has 0 spiro atoms. The Morgan fingerprint density at radius 2 is 1.76 bits per heavy atom. The zero-order valence-corrected chi connectivity index (χ0v) is 11.3. The molecule has 0 amide bonds. The van der Waals surface area contributed by atoms with Crippen molar-refractivity contribution in [2.45, 2.75) is 76.4 Å². The normalized spacial score (nSPS) is 36.5. The van der Waals surface area contributed by atoms with Crippen LogP contribution in [0, 0.1) is 5.92 Å². The van der Waals surface area contributed by atoms with E-state index in [1.807, 2.05) is 0 Å². The van der Waals surface area contributed by atoms with E-state index in [0.29, 0.717) is 0 Å². The molecule has 0 aromatic heterocycles. The van der Waals surface area contributed by atoms with Gasteiger partial charge in [-0.1, -0.05) is 26.2 Å². The van der Waals surface area contributed by atoms with E-state index in [1.54, 1.807) is 0 Å². The SMILES string of the molecule is CCC1CC(NC2CC2)CN(C2CCCC2)C1. The van der Waals surface area contributed by atoms with Gasteiger partial charge in [-0.25, -0.2) is 0 Å². The highest BCUT2D eigenvalue weighted by Gasteiger charge is 2.34. The zero-order chi connectivity index (χ0) is 11.7. The molecule has 2 nitrogen and oxygen atoms in total.